The Kier molecular flexibility index (Phi) is 5.30. The third-order valence-corrected chi connectivity index (χ3v) is 6.61. The molecule has 7 nitrogen and oxygen atoms in total. The molecule has 150 valence electrons. The fraction of sp³-hybridized carbons (Fsp3) is 0. The lowest BCUT2D eigenvalue weighted by Crippen LogP contribution is -2.14. The van der Waals surface area contributed by atoms with Gasteiger partial charge in [0.15, 0.2) is 4.90 Å². The van der Waals surface area contributed by atoms with Gasteiger partial charge in [0.05, 0.1) is 10.6 Å². The summed E-state index contributed by atoms with van der Waals surface area (Å²) in [5, 5.41) is 13.9. The zero-order valence-electron chi connectivity index (χ0n) is 15.4. The third kappa shape index (κ3) is 4.07. The number of anilines is 1. The lowest BCUT2D eigenvalue weighted by molar-refractivity contribution is -0.387. The summed E-state index contributed by atoms with van der Waals surface area (Å²) in [6, 6.07) is 21.7. The number of aromatic nitrogens is 1. The van der Waals surface area contributed by atoms with Crippen LogP contribution in [0.25, 0.3) is 21.8 Å². The van der Waals surface area contributed by atoms with Gasteiger partial charge in [0.1, 0.15) is 5.01 Å². The van der Waals surface area contributed by atoms with E-state index in [4.69, 9.17) is 0 Å². The van der Waals surface area contributed by atoms with Crippen molar-refractivity contribution in [2.45, 2.75) is 4.90 Å². The Morgan fingerprint density at radius 2 is 1.60 bits per heavy atom. The van der Waals surface area contributed by atoms with E-state index in [1.54, 1.807) is 18.2 Å². The first-order valence-corrected chi connectivity index (χ1v) is 11.2. The molecule has 9 heteroatoms. The monoisotopic (exact) mass is 437 g/mol. The molecule has 30 heavy (non-hydrogen) atoms. The van der Waals surface area contributed by atoms with Crippen LogP contribution >= 0.6 is 11.3 Å². The zero-order chi connectivity index (χ0) is 21.1. The fourth-order valence-corrected chi connectivity index (χ4v) is 4.97. The molecule has 1 aromatic heterocycles. The van der Waals surface area contributed by atoms with Crippen molar-refractivity contribution >= 4 is 32.7 Å². The van der Waals surface area contributed by atoms with Crippen LogP contribution < -0.4 is 4.72 Å². The summed E-state index contributed by atoms with van der Waals surface area (Å²) >= 11 is 1.49. The van der Waals surface area contributed by atoms with Crippen molar-refractivity contribution in [2.24, 2.45) is 0 Å². The number of thiazole rings is 1. The van der Waals surface area contributed by atoms with E-state index in [0.29, 0.717) is 11.4 Å². The Balaban J connectivity index is 1.64. The van der Waals surface area contributed by atoms with Crippen molar-refractivity contribution in [1.82, 2.24) is 4.98 Å². The molecule has 0 amide bonds. The van der Waals surface area contributed by atoms with Crippen LogP contribution in [0.1, 0.15) is 0 Å². The molecule has 0 aliphatic carbocycles. The number of hydrogen-bond donors (Lipinski definition) is 1. The highest BCUT2D eigenvalue weighted by atomic mass is 32.2. The van der Waals surface area contributed by atoms with Gasteiger partial charge in [-0.1, -0.05) is 54.6 Å². The fourth-order valence-electron chi connectivity index (χ4n) is 2.91. The number of sulfonamides is 1. The standard InChI is InChI=1S/C21H15N3O4S2/c25-24(26)19-11-4-5-12-20(19)30(27,28)23-17-10-6-9-16(13-17)18-14-29-21(22-18)15-7-2-1-3-8-15/h1-14,23H. The summed E-state index contributed by atoms with van der Waals surface area (Å²) in [5.74, 6) is 0. The summed E-state index contributed by atoms with van der Waals surface area (Å²) in [4.78, 5) is 14.7. The van der Waals surface area contributed by atoms with Crippen molar-refractivity contribution in [3.63, 3.8) is 0 Å². The molecular weight excluding hydrogens is 422 g/mol. The Morgan fingerprint density at radius 1 is 0.900 bits per heavy atom. The maximum atomic E-state index is 12.7. The number of nitrogens with one attached hydrogen (secondary N) is 1. The molecule has 4 rings (SSSR count). The molecule has 0 radical (unpaired) electrons. The summed E-state index contributed by atoms with van der Waals surface area (Å²) in [6.45, 7) is 0. The predicted molar refractivity (Wildman–Crippen MR) is 117 cm³/mol. The van der Waals surface area contributed by atoms with Crippen LogP contribution in [0.4, 0.5) is 11.4 Å². The highest BCUT2D eigenvalue weighted by molar-refractivity contribution is 7.92. The van der Waals surface area contributed by atoms with Crippen molar-refractivity contribution < 1.29 is 13.3 Å². The maximum Gasteiger partial charge on any atom is 0.289 e. The van der Waals surface area contributed by atoms with Crippen LogP contribution in [0.15, 0.2) is 89.1 Å². The Labute approximate surface area is 176 Å². The first-order chi connectivity index (χ1) is 14.4. The average Bonchev–Trinajstić information content (AvgIpc) is 3.25. The average molecular weight is 438 g/mol. The van der Waals surface area contributed by atoms with Crippen molar-refractivity contribution in [3.05, 3.63) is 94.4 Å². The molecule has 3 aromatic carbocycles. The minimum Gasteiger partial charge on any atom is -0.279 e. The lowest BCUT2D eigenvalue weighted by Gasteiger charge is -2.09. The van der Waals surface area contributed by atoms with Gasteiger partial charge in [-0.3, -0.25) is 14.8 Å². The molecule has 0 spiro atoms. The van der Waals surface area contributed by atoms with Gasteiger partial charge in [0.2, 0.25) is 0 Å². The quantitative estimate of drug-likeness (QED) is 0.330. The summed E-state index contributed by atoms with van der Waals surface area (Å²) in [6.07, 6.45) is 0. The number of para-hydroxylation sites is 1. The van der Waals surface area contributed by atoms with Gasteiger partial charge < -0.3 is 0 Å². The Bertz CT molecular complexity index is 1320. The van der Waals surface area contributed by atoms with Crippen LogP contribution in [-0.4, -0.2) is 18.3 Å². The molecule has 0 bridgehead atoms. The molecular formula is C21H15N3O4S2. The SMILES string of the molecule is O=[N+]([O-])c1ccccc1S(=O)(=O)Nc1cccc(-c2csc(-c3ccccc3)n2)c1. The van der Waals surface area contributed by atoms with E-state index in [1.165, 1.54) is 29.5 Å². The second kappa shape index (κ2) is 8.05. The Hall–Kier alpha value is -3.56. The van der Waals surface area contributed by atoms with Crippen LogP contribution in [0.5, 0.6) is 0 Å². The molecule has 0 fully saturated rings. The number of hydrogen-bond acceptors (Lipinski definition) is 6. The molecule has 0 atom stereocenters. The number of nitro groups is 1. The molecule has 0 aliphatic rings. The van der Waals surface area contributed by atoms with E-state index >= 15 is 0 Å². The number of rotatable bonds is 6. The van der Waals surface area contributed by atoms with Gasteiger partial charge in [-0.2, -0.15) is 0 Å². The van der Waals surface area contributed by atoms with Crippen LogP contribution in [0.2, 0.25) is 0 Å². The molecule has 0 aliphatic heterocycles. The summed E-state index contributed by atoms with van der Waals surface area (Å²) < 4.78 is 27.9. The molecule has 1 heterocycles. The predicted octanol–water partition coefficient (Wildman–Crippen LogP) is 5.19. The first kappa shape index (κ1) is 19.7. The minimum absolute atomic E-state index is 0.292. The van der Waals surface area contributed by atoms with E-state index < -0.39 is 20.6 Å². The lowest BCUT2D eigenvalue weighted by atomic mass is 10.1. The van der Waals surface area contributed by atoms with E-state index in [2.05, 4.69) is 9.71 Å². The highest BCUT2D eigenvalue weighted by Gasteiger charge is 2.25. The highest BCUT2D eigenvalue weighted by Crippen LogP contribution is 2.31. The third-order valence-electron chi connectivity index (χ3n) is 4.29. The topological polar surface area (TPSA) is 102 Å². The smallest absolute Gasteiger partial charge is 0.279 e. The van der Waals surface area contributed by atoms with Crippen LogP contribution in [-0.2, 0) is 10.0 Å². The number of nitro benzene ring substituents is 1. The van der Waals surface area contributed by atoms with Gasteiger partial charge in [0, 0.05) is 28.3 Å². The van der Waals surface area contributed by atoms with E-state index in [9.17, 15) is 18.5 Å². The van der Waals surface area contributed by atoms with Crippen LogP contribution in [0.3, 0.4) is 0 Å². The normalized spacial score (nSPS) is 11.2. The van der Waals surface area contributed by atoms with Gasteiger partial charge in [-0.15, -0.1) is 11.3 Å². The van der Waals surface area contributed by atoms with E-state index in [-0.39, 0.29) is 4.90 Å². The molecule has 4 aromatic rings. The minimum atomic E-state index is -4.14. The first-order valence-electron chi connectivity index (χ1n) is 8.82. The van der Waals surface area contributed by atoms with E-state index in [0.717, 1.165) is 22.2 Å². The van der Waals surface area contributed by atoms with Crippen molar-refractivity contribution in [1.29, 1.82) is 0 Å². The van der Waals surface area contributed by atoms with Gasteiger partial charge in [0.25, 0.3) is 15.7 Å². The van der Waals surface area contributed by atoms with Crippen molar-refractivity contribution in [2.75, 3.05) is 4.72 Å². The van der Waals surface area contributed by atoms with Gasteiger partial charge >= 0.3 is 0 Å². The zero-order valence-corrected chi connectivity index (χ0v) is 17.1. The summed E-state index contributed by atoms with van der Waals surface area (Å²) in [7, 11) is -4.14. The Morgan fingerprint density at radius 3 is 2.37 bits per heavy atom. The van der Waals surface area contributed by atoms with Gasteiger partial charge in [-0.05, 0) is 18.2 Å². The number of nitrogens with zero attached hydrogens (tertiary/aromatic N) is 2. The second-order valence-electron chi connectivity index (χ2n) is 6.32. The largest absolute Gasteiger partial charge is 0.289 e. The van der Waals surface area contributed by atoms with Gasteiger partial charge in [-0.25, -0.2) is 13.4 Å². The molecule has 1 N–H and O–H groups in total. The molecule has 0 saturated carbocycles. The maximum absolute atomic E-state index is 12.7. The van der Waals surface area contributed by atoms with Crippen LogP contribution in [0, 0.1) is 10.1 Å². The number of benzene rings is 3. The molecule has 0 unspecified atom stereocenters. The molecule has 0 saturated heterocycles. The summed E-state index contributed by atoms with van der Waals surface area (Å²) in [5.41, 5.74) is 2.26. The second-order valence-corrected chi connectivity index (χ2v) is 8.82. The van der Waals surface area contributed by atoms with E-state index in [1.807, 2.05) is 41.8 Å². The van der Waals surface area contributed by atoms with Crippen molar-refractivity contribution in [3.8, 4) is 21.8 Å².